The summed E-state index contributed by atoms with van der Waals surface area (Å²) in [5, 5.41) is 3.30. The third-order valence-electron chi connectivity index (χ3n) is 7.28. The van der Waals surface area contributed by atoms with Crippen LogP contribution in [0.2, 0.25) is 0 Å². The molecule has 3 aliphatic heterocycles. The van der Waals surface area contributed by atoms with Gasteiger partial charge in [-0.3, -0.25) is 9.59 Å². The van der Waals surface area contributed by atoms with Gasteiger partial charge in [-0.05, 0) is 54.2 Å². The molecular formula is C28H28FN5O3. The number of hydrogen-bond donors (Lipinski definition) is 1. The molecule has 190 valence electrons. The van der Waals surface area contributed by atoms with Gasteiger partial charge in [0.25, 0.3) is 0 Å². The zero-order chi connectivity index (χ0) is 25.7. The van der Waals surface area contributed by atoms with Crippen LogP contribution in [0.5, 0.6) is 5.88 Å². The molecule has 5 heterocycles. The average Bonchev–Trinajstić information content (AvgIpc) is 3.49. The number of nitrogens with one attached hydrogen (secondary N) is 1. The lowest BCUT2D eigenvalue weighted by Gasteiger charge is -2.31. The molecule has 2 aromatic heterocycles. The maximum Gasteiger partial charge on any atom is 0.238 e. The molecule has 3 aliphatic rings. The minimum absolute atomic E-state index is 0.0422. The topological polar surface area (TPSA) is 87.7 Å². The van der Waals surface area contributed by atoms with Crippen molar-refractivity contribution >= 4 is 34.7 Å². The van der Waals surface area contributed by atoms with Gasteiger partial charge in [0.2, 0.25) is 17.7 Å². The number of carbonyl (C=O) groups is 2. The molecule has 6 rings (SSSR count). The van der Waals surface area contributed by atoms with Gasteiger partial charge in [-0.2, -0.15) is 0 Å². The SMILES string of the molecule is CC(C)c1cc(Nc2cnc3c(c2)N2C(=O)CC[C@H]2CO3)ncc1-c1ccc(N2CCCC2=O)c(F)c1. The van der Waals surface area contributed by atoms with E-state index in [4.69, 9.17) is 4.74 Å². The van der Waals surface area contributed by atoms with E-state index in [0.29, 0.717) is 60.3 Å². The zero-order valence-corrected chi connectivity index (χ0v) is 20.8. The average molecular weight is 502 g/mol. The number of hydrogen-bond acceptors (Lipinski definition) is 6. The van der Waals surface area contributed by atoms with Crippen molar-refractivity contribution in [1.82, 2.24) is 9.97 Å². The molecule has 0 aliphatic carbocycles. The molecule has 2 saturated heterocycles. The highest BCUT2D eigenvalue weighted by molar-refractivity contribution is 5.98. The second-order valence-corrected chi connectivity index (χ2v) is 10.1. The van der Waals surface area contributed by atoms with Crippen molar-refractivity contribution in [2.75, 3.05) is 28.3 Å². The van der Waals surface area contributed by atoms with Gasteiger partial charge in [-0.1, -0.05) is 19.9 Å². The van der Waals surface area contributed by atoms with Gasteiger partial charge >= 0.3 is 0 Å². The number of nitrogens with zero attached hydrogens (tertiary/aromatic N) is 4. The molecule has 0 bridgehead atoms. The normalized spacial score (nSPS) is 18.8. The van der Waals surface area contributed by atoms with Crippen molar-refractivity contribution < 1.29 is 18.7 Å². The van der Waals surface area contributed by atoms with Crippen LogP contribution in [-0.2, 0) is 9.59 Å². The van der Waals surface area contributed by atoms with E-state index >= 15 is 4.39 Å². The highest BCUT2D eigenvalue weighted by atomic mass is 19.1. The Morgan fingerprint density at radius 3 is 2.68 bits per heavy atom. The van der Waals surface area contributed by atoms with Crippen LogP contribution >= 0.6 is 0 Å². The van der Waals surface area contributed by atoms with Crippen LogP contribution in [0.15, 0.2) is 42.7 Å². The monoisotopic (exact) mass is 501 g/mol. The summed E-state index contributed by atoms with van der Waals surface area (Å²) in [5.74, 6) is 0.866. The lowest BCUT2D eigenvalue weighted by Crippen LogP contribution is -2.40. The number of fused-ring (bicyclic) bond motifs is 3. The van der Waals surface area contributed by atoms with Crippen molar-refractivity contribution in [2.24, 2.45) is 0 Å². The number of rotatable bonds is 5. The Kier molecular flexibility index (Phi) is 5.78. The number of pyridine rings is 2. The fourth-order valence-corrected chi connectivity index (χ4v) is 5.40. The van der Waals surface area contributed by atoms with Crippen molar-refractivity contribution in [3.63, 3.8) is 0 Å². The Labute approximate surface area is 214 Å². The maximum atomic E-state index is 15.0. The number of halogens is 1. The van der Waals surface area contributed by atoms with Crippen molar-refractivity contribution in [3.05, 3.63) is 54.1 Å². The van der Waals surface area contributed by atoms with Crippen molar-refractivity contribution in [2.45, 2.75) is 51.5 Å². The zero-order valence-electron chi connectivity index (χ0n) is 20.8. The first-order valence-corrected chi connectivity index (χ1v) is 12.7. The van der Waals surface area contributed by atoms with Crippen molar-refractivity contribution in [1.29, 1.82) is 0 Å². The summed E-state index contributed by atoms with van der Waals surface area (Å²) in [4.78, 5) is 36.8. The van der Waals surface area contributed by atoms with Gasteiger partial charge in [0.1, 0.15) is 23.9 Å². The Hall–Kier alpha value is -4.01. The fraction of sp³-hybridized carbons (Fsp3) is 0.357. The van der Waals surface area contributed by atoms with E-state index in [1.54, 1.807) is 23.4 Å². The summed E-state index contributed by atoms with van der Waals surface area (Å²) in [6, 6.07) is 8.88. The fourth-order valence-electron chi connectivity index (χ4n) is 5.40. The number of benzene rings is 1. The summed E-state index contributed by atoms with van der Waals surface area (Å²) in [7, 11) is 0. The molecule has 9 heteroatoms. The Bertz CT molecular complexity index is 1410. The molecule has 0 saturated carbocycles. The molecule has 2 amide bonds. The van der Waals surface area contributed by atoms with Gasteiger partial charge < -0.3 is 19.9 Å². The molecule has 2 fully saturated rings. The standard InChI is InChI=1S/C28H28FN5O3/c1-16(2)20-12-25(32-18-11-24-28(31-13-18)37-15-19-6-8-27(36)34(19)24)30-14-21(20)17-5-7-23(22(29)10-17)33-9-3-4-26(33)35/h5,7,10-14,16,19H,3-4,6,8-9,15H2,1-2H3,(H,30,32)/t19-/m0/s1. The summed E-state index contributed by atoms with van der Waals surface area (Å²) in [6.45, 7) is 5.17. The molecule has 3 aromatic rings. The van der Waals surface area contributed by atoms with E-state index in [9.17, 15) is 9.59 Å². The molecule has 0 radical (unpaired) electrons. The summed E-state index contributed by atoms with van der Waals surface area (Å²) in [5.41, 5.74) is 4.25. The minimum atomic E-state index is -0.415. The van der Waals surface area contributed by atoms with Crippen LogP contribution in [0.3, 0.4) is 0 Å². The van der Waals surface area contributed by atoms with Crippen LogP contribution in [0.1, 0.15) is 51.0 Å². The second-order valence-electron chi connectivity index (χ2n) is 10.1. The molecule has 1 aromatic carbocycles. The third kappa shape index (κ3) is 4.18. The summed E-state index contributed by atoms with van der Waals surface area (Å²) < 4.78 is 20.8. The van der Waals surface area contributed by atoms with E-state index in [1.165, 1.54) is 11.0 Å². The molecule has 0 unspecified atom stereocenters. The largest absolute Gasteiger partial charge is 0.474 e. The molecule has 1 N–H and O–H groups in total. The first-order valence-electron chi connectivity index (χ1n) is 12.7. The predicted molar refractivity (Wildman–Crippen MR) is 139 cm³/mol. The van der Waals surface area contributed by atoms with Crippen LogP contribution in [0, 0.1) is 5.82 Å². The summed E-state index contributed by atoms with van der Waals surface area (Å²) in [6.07, 6.45) is 5.91. The first kappa shape index (κ1) is 23.4. The third-order valence-corrected chi connectivity index (χ3v) is 7.28. The lowest BCUT2D eigenvalue weighted by atomic mass is 9.94. The van der Waals surface area contributed by atoms with E-state index in [1.807, 2.05) is 18.2 Å². The van der Waals surface area contributed by atoms with E-state index < -0.39 is 5.82 Å². The van der Waals surface area contributed by atoms with Crippen molar-refractivity contribution in [3.8, 4) is 17.0 Å². The van der Waals surface area contributed by atoms with Crippen LogP contribution in [-0.4, -0.2) is 41.0 Å². The van der Waals surface area contributed by atoms with E-state index in [-0.39, 0.29) is 23.8 Å². The molecule has 0 spiro atoms. The van der Waals surface area contributed by atoms with Crippen LogP contribution < -0.4 is 19.9 Å². The van der Waals surface area contributed by atoms with E-state index in [0.717, 1.165) is 24.0 Å². The number of anilines is 4. The van der Waals surface area contributed by atoms with Gasteiger partial charge in [-0.25, -0.2) is 14.4 Å². The van der Waals surface area contributed by atoms with Crippen LogP contribution in [0.25, 0.3) is 11.1 Å². The smallest absolute Gasteiger partial charge is 0.238 e. The first-order chi connectivity index (χ1) is 17.9. The second kappa shape index (κ2) is 9.14. The maximum absolute atomic E-state index is 15.0. The van der Waals surface area contributed by atoms with Gasteiger partial charge in [0, 0.05) is 31.1 Å². The van der Waals surface area contributed by atoms with Gasteiger partial charge in [-0.15, -0.1) is 0 Å². The summed E-state index contributed by atoms with van der Waals surface area (Å²) >= 11 is 0. The Balaban J connectivity index is 1.29. The number of aromatic nitrogens is 2. The predicted octanol–water partition coefficient (Wildman–Crippen LogP) is 5.16. The Morgan fingerprint density at radius 1 is 1.05 bits per heavy atom. The number of amides is 2. The number of ether oxygens (including phenoxy) is 1. The van der Waals surface area contributed by atoms with Gasteiger partial charge in [0.05, 0.1) is 23.6 Å². The molecule has 8 nitrogen and oxygen atoms in total. The van der Waals surface area contributed by atoms with Gasteiger partial charge in [0.15, 0.2) is 0 Å². The highest BCUT2D eigenvalue weighted by Gasteiger charge is 2.38. The quantitative estimate of drug-likeness (QED) is 0.519. The minimum Gasteiger partial charge on any atom is -0.474 e. The highest BCUT2D eigenvalue weighted by Crippen LogP contribution is 2.39. The van der Waals surface area contributed by atoms with E-state index in [2.05, 4.69) is 29.1 Å². The Morgan fingerprint density at radius 2 is 1.92 bits per heavy atom. The molecule has 1 atom stereocenters. The lowest BCUT2D eigenvalue weighted by molar-refractivity contribution is -0.118. The number of carbonyl (C=O) groups excluding carboxylic acids is 2. The van der Waals surface area contributed by atoms with Crippen LogP contribution in [0.4, 0.5) is 27.3 Å². The molecular weight excluding hydrogens is 473 g/mol. The molecule has 37 heavy (non-hydrogen) atoms.